The number of rotatable bonds is 9. The van der Waals surface area contributed by atoms with Gasteiger partial charge in [-0.3, -0.25) is 0 Å². The summed E-state index contributed by atoms with van der Waals surface area (Å²) in [5.74, 6) is 1.88. The summed E-state index contributed by atoms with van der Waals surface area (Å²) in [6, 6.07) is 83.5. The first-order valence-corrected chi connectivity index (χ1v) is 23.9. The van der Waals surface area contributed by atoms with Gasteiger partial charge in [0.05, 0.1) is 16.7 Å². The van der Waals surface area contributed by atoms with Gasteiger partial charge >= 0.3 is 0 Å². The highest BCUT2D eigenvalue weighted by molar-refractivity contribution is 7.20. The van der Waals surface area contributed by atoms with Gasteiger partial charge in [-0.05, 0) is 82.6 Å². The molecule has 4 nitrogen and oxygen atoms in total. The number of aryl methyl sites for hydroxylation is 2. The molecule has 0 aliphatic heterocycles. The van der Waals surface area contributed by atoms with E-state index in [1.54, 1.807) is 0 Å². The molecule has 0 aliphatic carbocycles. The van der Waals surface area contributed by atoms with E-state index >= 15 is 0 Å². The molecule has 0 N–H and O–H groups in total. The van der Waals surface area contributed by atoms with Crippen LogP contribution in [0.3, 0.4) is 0 Å². The van der Waals surface area contributed by atoms with Crippen molar-refractivity contribution < 1.29 is 0 Å². The highest BCUT2D eigenvalue weighted by atomic mass is 28.3. The largest absolute Gasteiger partial charge is 0.309 e. The zero-order valence-electron chi connectivity index (χ0n) is 35.7. The lowest BCUT2D eigenvalue weighted by Crippen LogP contribution is -2.75. The van der Waals surface area contributed by atoms with E-state index in [2.05, 4.69) is 213 Å². The van der Waals surface area contributed by atoms with Gasteiger partial charge < -0.3 is 4.57 Å². The summed E-state index contributed by atoms with van der Waals surface area (Å²) in [5, 5.41) is 7.73. The summed E-state index contributed by atoms with van der Waals surface area (Å²) in [4.78, 5) is 15.5. The maximum absolute atomic E-state index is 5.24. The zero-order chi connectivity index (χ0) is 43.0. The molecule has 304 valence electrons. The summed E-state index contributed by atoms with van der Waals surface area (Å²) >= 11 is 0. The average molecular weight is 837 g/mol. The lowest BCUT2D eigenvalue weighted by Gasteiger charge is -2.36. The number of nitrogens with zero attached hydrogens (tertiary/aromatic N) is 4. The predicted molar refractivity (Wildman–Crippen MR) is 269 cm³/mol. The first-order valence-electron chi connectivity index (χ1n) is 21.9. The van der Waals surface area contributed by atoms with Crippen molar-refractivity contribution in [3.8, 4) is 51.0 Å². The Kier molecular flexibility index (Phi) is 9.95. The monoisotopic (exact) mass is 836 g/mol. The SMILES string of the molecule is Cc1ccc2c(c1)c1cc(C)ccc1n2-c1ccc(-c2nc(-c3ccccc3)nc(-c3ccccc3)n2)cc1-c1ccccc1[Si](c1ccccc1)(c1ccccc1)c1ccccc1. The smallest absolute Gasteiger partial charge is 0.180 e. The highest BCUT2D eigenvalue weighted by Gasteiger charge is 2.43. The van der Waals surface area contributed by atoms with Crippen LogP contribution < -0.4 is 20.7 Å². The van der Waals surface area contributed by atoms with Crippen molar-refractivity contribution in [3.63, 3.8) is 0 Å². The zero-order valence-corrected chi connectivity index (χ0v) is 36.7. The van der Waals surface area contributed by atoms with Crippen LogP contribution in [-0.4, -0.2) is 27.6 Å². The average Bonchev–Trinajstić information content (AvgIpc) is 3.67. The van der Waals surface area contributed by atoms with Crippen molar-refractivity contribution in [2.75, 3.05) is 0 Å². The van der Waals surface area contributed by atoms with Crippen LogP contribution in [0.4, 0.5) is 0 Å². The van der Waals surface area contributed by atoms with Crippen LogP contribution in [0.2, 0.25) is 0 Å². The summed E-state index contributed by atoms with van der Waals surface area (Å²) in [5.41, 5.74) is 10.9. The second-order valence-electron chi connectivity index (χ2n) is 16.5. The van der Waals surface area contributed by atoms with Crippen molar-refractivity contribution >= 4 is 50.6 Å². The number of hydrogen-bond donors (Lipinski definition) is 0. The molecule has 2 aromatic heterocycles. The second kappa shape index (κ2) is 16.4. The molecule has 0 amide bonds. The first-order chi connectivity index (χ1) is 31.6. The molecule has 5 heteroatoms. The summed E-state index contributed by atoms with van der Waals surface area (Å²) < 4.78 is 2.47. The highest BCUT2D eigenvalue weighted by Crippen LogP contribution is 2.39. The molecular formula is C59H44N4Si. The van der Waals surface area contributed by atoms with Crippen LogP contribution in [0.5, 0.6) is 0 Å². The maximum Gasteiger partial charge on any atom is 0.180 e. The molecule has 11 aromatic rings. The number of benzene rings is 9. The molecule has 2 heterocycles. The molecule has 0 fully saturated rings. The topological polar surface area (TPSA) is 43.6 Å². The van der Waals surface area contributed by atoms with Gasteiger partial charge in [0.25, 0.3) is 0 Å². The van der Waals surface area contributed by atoms with E-state index in [1.165, 1.54) is 42.6 Å². The lowest BCUT2D eigenvalue weighted by molar-refractivity contribution is 1.07. The number of fused-ring (bicyclic) bond motifs is 3. The molecule has 0 saturated carbocycles. The van der Waals surface area contributed by atoms with E-state index in [4.69, 9.17) is 15.0 Å². The fraction of sp³-hybridized carbons (Fsp3) is 0.0339. The molecule has 0 bridgehead atoms. The van der Waals surface area contributed by atoms with Gasteiger partial charge in [0.1, 0.15) is 0 Å². The lowest BCUT2D eigenvalue weighted by atomic mass is 9.99. The van der Waals surface area contributed by atoms with Crippen molar-refractivity contribution in [2.24, 2.45) is 0 Å². The van der Waals surface area contributed by atoms with Gasteiger partial charge in [0.2, 0.25) is 0 Å². The predicted octanol–water partition coefficient (Wildman–Crippen LogP) is 11.6. The summed E-state index contributed by atoms with van der Waals surface area (Å²) in [6.07, 6.45) is 0. The third-order valence-corrected chi connectivity index (χ3v) is 17.4. The maximum atomic E-state index is 5.24. The van der Waals surface area contributed by atoms with Crippen LogP contribution >= 0.6 is 0 Å². The molecular weight excluding hydrogens is 793 g/mol. The normalized spacial score (nSPS) is 11.6. The van der Waals surface area contributed by atoms with Crippen LogP contribution in [0, 0.1) is 13.8 Å². The molecule has 0 atom stereocenters. The Balaban J connectivity index is 1.26. The Morgan fingerprint density at radius 2 is 0.750 bits per heavy atom. The Labute approximate surface area is 374 Å². The Bertz CT molecular complexity index is 3230. The number of aromatic nitrogens is 4. The van der Waals surface area contributed by atoms with E-state index < -0.39 is 8.07 Å². The standard InChI is InChI=1S/C59H44N4Si/c1-41-32-35-53-50(38-41)51-39-42(2)33-36-54(51)63(53)55-37-34-45(59-61-57(43-20-8-3-9-21-43)60-58(62-59)44-22-10-4-11-23-44)40-52(55)49-30-18-19-31-56(49)64(46-24-12-5-13-25-46,47-26-14-6-15-27-47)48-28-16-7-17-29-48/h3-40H,1-2H3. The fourth-order valence-corrected chi connectivity index (χ4v) is 14.6. The van der Waals surface area contributed by atoms with Crippen LogP contribution in [0.1, 0.15) is 11.1 Å². The number of hydrogen-bond acceptors (Lipinski definition) is 3. The van der Waals surface area contributed by atoms with Crippen LogP contribution in [0.25, 0.3) is 72.8 Å². The van der Waals surface area contributed by atoms with Gasteiger partial charge in [-0.15, -0.1) is 0 Å². The Morgan fingerprint density at radius 3 is 1.22 bits per heavy atom. The van der Waals surface area contributed by atoms with Crippen LogP contribution in [0.15, 0.2) is 231 Å². The van der Waals surface area contributed by atoms with Gasteiger partial charge in [0, 0.05) is 33.0 Å². The third kappa shape index (κ3) is 6.74. The molecule has 9 aromatic carbocycles. The Morgan fingerprint density at radius 1 is 0.344 bits per heavy atom. The minimum Gasteiger partial charge on any atom is -0.309 e. The van der Waals surface area contributed by atoms with E-state index in [0.717, 1.165) is 44.5 Å². The molecule has 0 saturated heterocycles. The van der Waals surface area contributed by atoms with Gasteiger partial charge in [-0.2, -0.15) is 0 Å². The molecule has 0 spiro atoms. The van der Waals surface area contributed by atoms with Crippen molar-refractivity contribution in [1.82, 2.24) is 19.5 Å². The molecule has 64 heavy (non-hydrogen) atoms. The molecule has 0 aliphatic rings. The quantitative estimate of drug-likeness (QED) is 0.107. The first kappa shape index (κ1) is 38.9. The minimum atomic E-state index is -3.01. The Hall–Kier alpha value is -7.99. The van der Waals surface area contributed by atoms with Gasteiger partial charge in [0.15, 0.2) is 25.5 Å². The minimum absolute atomic E-state index is 0.615. The summed E-state index contributed by atoms with van der Waals surface area (Å²) in [6.45, 7) is 4.36. The third-order valence-electron chi connectivity index (χ3n) is 12.5. The van der Waals surface area contributed by atoms with Gasteiger partial charge in [-0.25, -0.2) is 15.0 Å². The molecule has 0 unspecified atom stereocenters. The van der Waals surface area contributed by atoms with E-state index in [9.17, 15) is 0 Å². The van der Waals surface area contributed by atoms with Crippen molar-refractivity contribution in [3.05, 3.63) is 242 Å². The van der Waals surface area contributed by atoms with Crippen molar-refractivity contribution in [1.29, 1.82) is 0 Å². The van der Waals surface area contributed by atoms with Crippen molar-refractivity contribution in [2.45, 2.75) is 13.8 Å². The van der Waals surface area contributed by atoms with E-state index in [0.29, 0.717) is 17.5 Å². The molecule has 11 rings (SSSR count). The molecule has 0 radical (unpaired) electrons. The van der Waals surface area contributed by atoms with Gasteiger partial charge in [-0.1, -0.05) is 199 Å². The second-order valence-corrected chi connectivity index (χ2v) is 20.3. The van der Waals surface area contributed by atoms with E-state index in [1.807, 2.05) is 36.4 Å². The van der Waals surface area contributed by atoms with Crippen LogP contribution in [-0.2, 0) is 0 Å². The summed E-state index contributed by atoms with van der Waals surface area (Å²) in [7, 11) is -3.01. The fourth-order valence-electron chi connectivity index (χ4n) is 9.61. The van der Waals surface area contributed by atoms with E-state index in [-0.39, 0.29) is 0 Å².